The van der Waals surface area contributed by atoms with Gasteiger partial charge in [-0.25, -0.2) is 0 Å². The Kier molecular flexibility index (Phi) is 3.39. The zero-order valence-corrected chi connectivity index (χ0v) is 9.43. The molecule has 1 fully saturated rings. The fourth-order valence-corrected chi connectivity index (χ4v) is 2.32. The van der Waals surface area contributed by atoms with E-state index >= 15 is 0 Å². The van der Waals surface area contributed by atoms with Crippen LogP contribution in [0.5, 0.6) is 0 Å². The monoisotopic (exact) mass is 224 g/mol. The van der Waals surface area contributed by atoms with E-state index in [-0.39, 0.29) is 24.2 Å². The third-order valence-electron chi connectivity index (χ3n) is 3.46. The first-order chi connectivity index (χ1) is 6.62. The first-order valence-electron chi connectivity index (χ1n) is 5.37. The predicted molar refractivity (Wildman–Crippen MR) is 52.3 cm³/mol. The Labute approximate surface area is 88.7 Å². The Hall–Kier alpha value is -0.250. The first-order valence-corrected chi connectivity index (χ1v) is 5.37. The largest absolute Gasteiger partial charge is 0.394 e. The van der Waals surface area contributed by atoms with Crippen molar-refractivity contribution in [2.45, 2.75) is 52.3 Å². The summed E-state index contributed by atoms with van der Waals surface area (Å²) < 4.78 is 37.4. The molecule has 1 rings (SSSR count). The average Bonchev–Trinajstić information content (AvgIpc) is 1.99. The standard InChI is InChI=1S/C11H19F3O/c1-10(2,3)7-4-5-8(9(15)6-7)11(12,13)14/h7-9,15H,4-6H2,1-3H3. The van der Waals surface area contributed by atoms with E-state index in [1.165, 1.54) is 0 Å². The average molecular weight is 224 g/mol. The molecular formula is C11H19F3O. The van der Waals surface area contributed by atoms with Crippen LogP contribution in [0.1, 0.15) is 40.0 Å². The zero-order valence-electron chi connectivity index (χ0n) is 9.43. The molecule has 0 radical (unpaired) electrons. The van der Waals surface area contributed by atoms with Gasteiger partial charge >= 0.3 is 6.18 Å². The van der Waals surface area contributed by atoms with E-state index in [1.54, 1.807) is 0 Å². The van der Waals surface area contributed by atoms with Crippen molar-refractivity contribution in [3.05, 3.63) is 0 Å². The van der Waals surface area contributed by atoms with Crippen LogP contribution in [0.3, 0.4) is 0 Å². The van der Waals surface area contributed by atoms with Crippen LogP contribution in [0.15, 0.2) is 0 Å². The third-order valence-corrected chi connectivity index (χ3v) is 3.46. The maximum atomic E-state index is 12.5. The van der Waals surface area contributed by atoms with E-state index in [0.717, 1.165) is 0 Å². The fraction of sp³-hybridized carbons (Fsp3) is 1.00. The number of hydrogen-bond donors (Lipinski definition) is 1. The molecular weight excluding hydrogens is 205 g/mol. The van der Waals surface area contributed by atoms with E-state index in [2.05, 4.69) is 0 Å². The molecule has 1 saturated carbocycles. The van der Waals surface area contributed by atoms with Crippen LogP contribution in [0.25, 0.3) is 0 Å². The van der Waals surface area contributed by atoms with Gasteiger partial charge in [-0.05, 0) is 30.6 Å². The van der Waals surface area contributed by atoms with E-state index in [4.69, 9.17) is 0 Å². The molecule has 1 nitrogen and oxygen atoms in total. The van der Waals surface area contributed by atoms with E-state index in [1.807, 2.05) is 20.8 Å². The summed E-state index contributed by atoms with van der Waals surface area (Å²) in [5, 5.41) is 9.52. The summed E-state index contributed by atoms with van der Waals surface area (Å²) in [6.07, 6.45) is -4.57. The predicted octanol–water partition coefficient (Wildman–Crippen LogP) is 3.37. The number of aliphatic hydroxyl groups excluding tert-OH is 1. The normalized spacial score (nSPS) is 34.2. The van der Waals surface area contributed by atoms with Gasteiger partial charge in [0.25, 0.3) is 0 Å². The summed E-state index contributed by atoms with van der Waals surface area (Å²) in [6.45, 7) is 6.04. The van der Waals surface area contributed by atoms with E-state index < -0.39 is 18.2 Å². The molecule has 0 aliphatic heterocycles. The molecule has 4 heteroatoms. The quantitative estimate of drug-likeness (QED) is 0.668. The SMILES string of the molecule is CC(C)(C)C1CCC(C(F)(F)F)C(O)C1. The molecule has 1 N–H and O–H groups in total. The van der Waals surface area contributed by atoms with Crippen LogP contribution in [0.4, 0.5) is 13.2 Å². The molecule has 1 aliphatic rings. The Balaban J connectivity index is 2.64. The molecule has 0 aromatic carbocycles. The molecule has 15 heavy (non-hydrogen) atoms. The molecule has 0 aromatic rings. The second-order valence-corrected chi connectivity index (χ2v) is 5.59. The number of alkyl halides is 3. The van der Waals surface area contributed by atoms with Crippen molar-refractivity contribution < 1.29 is 18.3 Å². The van der Waals surface area contributed by atoms with Crippen LogP contribution in [0, 0.1) is 17.3 Å². The Morgan fingerprint density at radius 2 is 1.60 bits per heavy atom. The highest BCUT2D eigenvalue weighted by atomic mass is 19.4. The summed E-state index contributed by atoms with van der Waals surface area (Å²) in [6, 6.07) is 0. The van der Waals surface area contributed by atoms with Gasteiger partial charge in [0, 0.05) is 0 Å². The van der Waals surface area contributed by atoms with Gasteiger partial charge < -0.3 is 5.11 Å². The molecule has 0 saturated heterocycles. The maximum absolute atomic E-state index is 12.5. The van der Waals surface area contributed by atoms with Crippen molar-refractivity contribution in [2.24, 2.45) is 17.3 Å². The summed E-state index contributed by atoms with van der Waals surface area (Å²) in [5.41, 5.74) is -0.0163. The van der Waals surface area contributed by atoms with Crippen molar-refractivity contribution in [3.8, 4) is 0 Å². The lowest BCUT2D eigenvalue weighted by atomic mass is 9.68. The lowest BCUT2D eigenvalue weighted by Gasteiger charge is -2.40. The first kappa shape index (κ1) is 12.8. The molecule has 0 bridgehead atoms. The molecule has 0 spiro atoms. The van der Waals surface area contributed by atoms with Crippen molar-refractivity contribution >= 4 is 0 Å². The minimum absolute atomic E-state index is 0.0163. The smallest absolute Gasteiger partial charge is 0.392 e. The van der Waals surface area contributed by atoms with E-state index in [9.17, 15) is 18.3 Å². The minimum atomic E-state index is -4.25. The molecule has 1 aliphatic carbocycles. The summed E-state index contributed by atoms with van der Waals surface area (Å²) in [5.74, 6) is -1.33. The lowest BCUT2D eigenvalue weighted by Crippen LogP contribution is -2.41. The van der Waals surface area contributed by atoms with Gasteiger partial charge in [-0.15, -0.1) is 0 Å². The van der Waals surface area contributed by atoms with Crippen LogP contribution >= 0.6 is 0 Å². The Morgan fingerprint density at radius 3 is 1.93 bits per heavy atom. The van der Waals surface area contributed by atoms with Gasteiger partial charge in [0.2, 0.25) is 0 Å². The molecule has 0 aromatic heterocycles. The summed E-state index contributed by atoms with van der Waals surface area (Å²) in [4.78, 5) is 0. The highest BCUT2D eigenvalue weighted by Gasteiger charge is 2.48. The summed E-state index contributed by atoms with van der Waals surface area (Å²) >= 11 is 0. The van der Waals surface area contributed by atoms with Crippen LogP contribution in [0.2, 0.25) is 0 Å². The Morgan fingerprint density at radius 1 is 1.07 bits per heavy atom. The topological polar surface area (TPSA) is 20.2 Å². The van der Waals surface area contributed by atoms with Crippen molar-refractivity contribution in [2.75, 3.05) is 0 Å². The van der Waals surface area contributed by atoms with Crippen molar-refractivity contribution in [1.29, 1.82) is 0 Å². The van der Waals surface area contributed by atoms with Crippen LogP contribution in [-0.4, -0.2) is 17.4 Å². The van der Waals surface area contributed by atoms with Gasteiger partial charge in [0.05, 0.1) is 12.0 Å². The number of aliphatic hydroxyl groups is 1. The van der Waals surface area contributed by atoms with Gasteiger partial charge in [0.1, 0.15) is 0 Å². The van der Waals surface area contributed by atoms with Gasteiger partial charge in [-0.1, -0.05) is 20.8 Å². The van der Waals surface area contributed by atoms with Crippen LogP contribution < -0.4 is 0 Å². The van der Waals surface area contributed by atoms with Crippen molar-refractivity contribution in [1.82, 2.24) is 0 Å². The number of rotatable bonds is 0. The van der Waals surface area contributed by atoms with Gasteiger partial charge in [-0.3, -0.25) is 0 Å². The second-order valence-electron chi connectivity index (χ2n) is 5.59. The maximum Gasteiger partial charge on any atom is 0.394 e. The third kappa shape index (κ3) is 3.10. The van der Waals surface area contributed by atoms with Gasteiger partial charge in [-0.2, -0.15) is 13.2 Å². The van der Waals surface area contributed by atoms with Gasteiger partial charge in [0.15, 0.2) is 0 Å². The van der Waals surface area contributed by atoms with E-state index in [0.29, 0.717) is 6.42 Å². The zero-order chi connectivity index (χ0) is 11.9. The van der Waals surface area contributed by atoms with Crippen molar-refractivity contribution in [3.63, 3.8) is 0 Å². The summed E-state index contributed by atoms with van der Waals surface area (Å²) in [7, 11) is 0. The molecule has 3 unspecified atom stereocenters. The number of halogens is 3. The lowest BCUT2D eigenvalue weighted by molar-refractivity contribution is -0.213. The fourth-order valence-electron chi connectivity index (χ4n) is 2.32. The number of hydrogen-bond acceptors (Lipinski definition) is 1. The minimum Gasteiger partial charge on any atom is -0.392 e. The highest BCUT2D eigenvalue weighted by molar-refractivity contribution is 4.88. The molecule has 0 heterocycles. The highest BCUT2D eigenvalue weighted by Crippen LogP contribution is 2.44. The second kappa shape index (κ2) is 3.96. The Bertz CT molecular complexity index is 217. The van der Waals surface area contributed by atoms with Crippen LogP contribution in [-0.2, 0) is 0 Å². The molecule has 0 amide bonds. The molecule has 90 valence electrons. The molecule has 3 atom stereocenters.